The van der Waals surface area contributed by atoms with E-state index in [-0.39, 0.29) is 0 Å². The molecule has 0 unspecified atom stereocenters. The van der Waals surface area contributed by atoms with Gasteiger partial charge in [0, 0.05) is 27.7 Å². The lowest BCUT2D eigenvalue weighted by atomic mass is 10.1. The maximum absolute atomic E-state index is 10.9. The van der Waals surface area contributed by atoms with Crippen molar-refractivity contribution in [3.8, 4) is 5.69 Å². The van der Waals surface area contributed by atoms with Gasteiger partial charge >= 0.3 is 5.97 Å². The summed E-state index contributed by atoms with van der Waals surface area (Å²) in [5.41, 5.74) is 4.22. The highest BCUT2D eigenvalue weighted by Gasteiger charge is 2.11. The van der Waals surface area contributed by atoms with Gasteiger partial charge < -0.3 is 9.67 Å². The summed E-state index contributed by atoms with van der Waals surface area (Å²) in [6.07, 6.45) is 1.69. The Morgan fingerprint density at radius 2 is 2.00 bits per heavy atom. The molecule has 0 saturated carbocycles. The van der Waals surface area contributed by atoms with Crippen molar-refractivity contribution in [3.63, 3.8) is 0 Å². The van der Waals surface area contributed by atoms with Crippen LogP contribution in [0.25, 0.3) is 11.8 Å². The minimum atomic E-state index is -0.905. The van der Waals surface area contributed by atoms with Gasteiger partial charge in [-0.15, -0.1) is 0 Å². The molecule has 0 atom stereocenters. The average molecular weight is 290 g/mol. The second-order valence-corrected chi connectivity index (χ2v) is 5.21. The van der Waals surface area contributed by atoms with Crippen LogP contribution in [0.2, 0.25) is 5.02 Å². The molecule has 0 fully saturated rings. The molecule has 0 aliphatic rings. The zero-order valence-electron chi connectivity index (χ0n) is 11.6. The van der Waals surface area contributed by atoms with Crippen LogP contribution in [-0.4, -0.2) is 15.6 Å². The molecule has 20 heavy (non-hydrogen) atoms. The molecule has 0 aliphatic heterocycles. The maximum atomic E-state index is 10.9. The summed E-state index contributed by atoms with van der Waals surface area (Å²) in [7, 11) is 0. The number of halogens is 1. The first-order chi connectivity index (χ1) is 9.40. The van der Waals surface area contributed by atoms with Crippen molar-refractivity contribution < 1.29 is 9.90 Å². The van der Waals surface area contributed by atoms with Crippen molar-refractivity contribution in [2.75, 3.05) is 0 Å². The van der Waals surface area contributed by atoms with Crippen LogP contribution >= 0.6 is 11.6 Å². The average Bonchev–Trinajstić information content (AvgIpc) is 2.64. The Morgan fingerprint density at radius 1 is 1.30 bits per heavy atom. The zero-order valence-corrected chi connectivity index (χ0v) is 12.4. The SMILES string of the molecule is CC(=Cc1cc(C)n(-c2cccc(Cl)c2)c1C)C(=O)O. The predicted molar refractivity (Wildman–Crippen MR) is 81.5 cm³/mol. The fraction of sp³-hybridized carbons (Fsp3) is 0.188. The van der Waals surface area contributed by atoms with Crippen LogP contribution in [0.5, 0.6) is 0 Å². The van der Waals surface area contributed by atoms with Crippen LogP contribution < -0.4 is 0 Å². The van der Waals surface area contributed by atoms with Crippen molar-refractivity contribution >= 4 is 23.6 Å². The number of rotatable bonds is 3. The molecule has 2 rings (SSSR count). The fourth-order valence-corrected chi connectivity index (χ4v) is 2.43. The van der Waals surface area contributed by atoms with Crippen LogP contribution in [0.4, 0.5) is 0 Å². The van der Waals surface area contributed by atoms with E-state index in [1.807, 2.05) is 44.2 Å². The monoisotopic (exact) mass is 289 g/mol. The number of aromatic nitrogens is 1. The van der Waals surface area contributed by atoms with Gasteiger partial charge in [-0.25, -0.2) is 4.79 Å². The summed E-state index contributed by atoms with van der Waals surface area (Å²) in [6, 6.07) is 9.56. The van der Waals surface area contributed by atoms with Crippen LogP contribution in [0.1, 0.15) is 23.9 Å². The van der Waals surface area contributed by atoms with Crippen molar-refractivity contribution in [1.82, 2.24) is 4.57 Å². The van der Waals surface area contributed by atoms with Gasteiger partial charge in [0.1, 0.15) is 0 Å². The Labute approximate surface area is 123 Å². The van der Waals surface area contributed by atoms with Gasteiger partial charge in [-0.3, -0.25) is 0 Å². The summed E-state index contributed by atoms with van der Waals surface area (Å²) in [4.78, 5) is 10.9. The number of carboxylic acids is 1. The summed E-state index contributed by atoms with van der Waals surface area (Å²) >= 11 is 6.03. The van der Waals surface area contributed by atoms with Crippen LogP contribution in [0.15, 0.2) is 35.9 Å². The molecule has 0 spiro atoms. The summed E-state index contributed by atoms with van der Waals surface area (Å²) in [5.74, 6) is -0.905. The van der Waals surface area contributed by atoms with E-state index in [0.717, 1.165) is 22.6 Å². The lowest BCUT2D eigenvalue weighted by Crippen LogP contribution is -1.99. The molecule has 0 radical (unpaired) electrons. The molecule has 0 saturated heterocycles. The molecule has 0 aliphatic carbocycles. The topological polar surface area (TPSA) is 42.2 Å². The van der Waals surface area contributed by atoms with Crippen molar-refractivity contribution in [2.24, 2.45) is 0 Å². The van der Waals surface area contributed by atoms with E-state index in [9.17, 15) is 4.79 Å². The molecule has 1 aromatic heterocycles. The third-order valence-corrected chi connectivity index (χ3v) is 3.48. The first-order valence-corrected chi connectivity index (χ1v) is 6.64. The number of hydrogen-bond donors (Lipinski definition) is 1. The fourth-order valence-electron chi connectivity index (χ4n) is 2.24. The Hall–Kier alpha value is -2.00. The lowest BCUT2D eigenvalue weighted by Gasteiger charge is -2.10. The highest BCUT2D eigenvalue weighted by molar-refractivity contribution is 6.30. The molecular weight excluding hydrogens is 274 g/mol. The number of carboxylic acid groups (broad SMARTS) is 1. The minimum absolute atomic E-state index is 0.316. The largest absolute Gasteiger partial charge is 0.478 e. The van der Waals surface area contributed by atoms with Crippen molar-refractivity contribution in [2.45, 2.75) is 20.8 Å². The molecule has 3 nitrogen and oxygen atoms in total. The molecule has 1 aromatic carbocycles. The highest BCUT2D eigenvalue weighted by Crippen LogP contribution is 2.24. The van der Waals surface area contributed by atoms with E-state index in [2.05, 4.69) is 4.57 Å². The smallest absolute Gasteiger partial charge is 0.331 e. The van der Waals surface area contributed by atoms with Gasteiger partial charge in [0.2, 0.25) is 0 Å². The predicted octanol–water partition coefficient (Wildman–Crippen LogP) is 4.24. The van der Waals surface area contributed by atoms with E-state index in [4.69, 9.17) is 16.7 Å². The molecular formula is C16H16ClNO2. The lowest BCUT2D eigenvalue weighted by molar-refractivity contribution is -0.132. The maximum Gasteiger partial charge on any atom is 0.331 e. The van der Waals surface area contributed by atoms with Crippen molar-refractivity contribution in [3.05, 3.63) is 57.9 Å². The Bertz CT molecular complexity index is 698. The summed E-state index contributed by atoms with van der Waals surface area (Å²) < 4.78 is 2.06. The highest BCUT2D eigenvalue weighted by atomic mass is 35.5. The van der Waals surface area contributed by atoms with E-state index in [0.29, 0.717) is 10.6 Å². The number of hydrogen-bond acceptors (Lipinski definition) is 1. The number of carbonyl (C=O) groups is 1. The van der Waals surface area contributed by atoms with Gasteiger partial charge in [-0.05, 0) is 56.7 Å². The van der Waals surface area contributed by atoms with Crippen LogP contribution in [0.3, 0.4) is 0 Å². The van der Waals surface area contributed by atoms with E-state index in [1.54, 1.807) is 13.0 Å². The van der Waals surface area contributed by atoms with E-state index in [1.165, 1.54) is 0 Å². The second-order valence-electron chi connectivity index (χ2n) is 4.77. The molecule has 4 heteroatoms. The van der Waals surface area contributed by atoms with Gasteiger partial charge in [0.25, 0.3) is 0 Å². The molecule has 1 N–H and O–H groups in total. The second kappa shape index (κ2) is 5.55. The number of aliphatic carboxylic acids is 1. The third-order valence-electron chi connectivity index (χ3n) is 3.25. The first kappa shape index (κ1) is 14.4. The Kier molecular flexibility index (Phi) is 4.00. The van der Waals surface area contributed by atoms with Crippen LogP contribution in [-0.2, 0) is 4.79 Å². The van der Waals surface area contributed by atoms with Gasteiger partial charge in [0.15, 0.2) is 0 Å². The van der Waals surface area contributed by atoms with Gasteiger partial charge in [-0.1, -0.05) is 17.7 Å². The molecule has 1 heterocycles. The quantitative estimate of drug-likeness (QED) is 0.859. The molecule has 0 amide bonds. The van der Waals surface area contributed by atoms with E-state index < -0.39 is 5.97 Å². The van der Waals surface area contributed by atoms with Gasteiger partial charge in [-0.2, -0.15) is 0 Å². The summed E-state index contributed by atoms with van der Waals surface area (Å²) in [5, 5.41) is 9.65. The molecule has 104 valence electrons. The van der Waals surface area contributed by atoms with Crippen molar-refractivity contribution in [1.29, 1.82) is 0 Å². The summed E-state index contributed by atoms with van der Waals surface area (Å²) in [6.45, 7) is 5.55. The number of nitrogens with zero attached hydrogens (tertiary/aromatic N) is 1. The Balaban J connectivity index is 2.55. The normalized spacial score (nSPS) is 11.7. The first-order valence-electron chi connectivity index (χ1n) is 6.26. The number of benzene rings is 1. The molecule has 2 aromatic rings. The standard InChI is InChI=1S/C16H16ClNO2/c1-10(16(19)20)7-13-8-11(2)18(12(13)3)15-6-4-5-14(17)9-15/h4-9H,1-3H3,(H,19,20). The third kappa shape index (κ3) is 2.78. The number of aryl methyl sites for hydroxylation is 1. The Morgan fingerprint density at radius 3 is 2.60 bits per heavy atom. The molecule has 0 bridgehead atoms. The zero-order chi connectivity index (χ0) is 14.9. The van der Waals surface area contributed by atoms with E-state index >= 15 is 0 Å². The van der Waals surface area contributed by atoms with Gasteiger partial charge in [0.05, 0.1) is 0 Å². The van der Waals surface area contributed by atoms with Crippen LogP contribution in [0, 0.1) is 13.8 Å². The minimum Gasteiger partial charge on any atom is -0.478 e.